The van der Waals surface area contributed by atoms with Crippen molar-refractivity contribution in [1.82, 2.24) is 0 Å². The molecular weight excluding hydrogens is 246 g/mol. The third-order valence-electron chi connectivity index (χ3n) is 3.19. The third kappa shape index (κ3) is 3.24. The Hall–Kier alpha value is -1.59. The second-order valence-electron chi connectivity index (χ2n) is 4.60. The van der Waals surface area contributed by atoms with Crippen LogP contribution < -0.4 is 10.5 Å². The van der Waals surface area contributed by atoms with E-state index in [-0.39, 0.29) is 25.2 Å². The molecule has 0 aromatic heterocycles. The van der Waals surface area contributed by atoms with Crippen LogP contribution in [0.1, 0.15) is 30.6 Å². The number of hydrogen-bond acceptors (Lipinski definition) is 4. The first-order chi connectivity index (χ1) is 9.11. The molecular formula is C14H19NO4. The molecule has 2 unspecified atom stereocenters. The molecule has 0 aliphatic heterocycles. The average Bonchev–Trinajstić information content (AvgIpc) is 2.66. The highest BCUT2D eigenvalue weighted by atomic mass is 16.5. The van der Waals surface area contributed by atoms with Gasteiger partial charge in [0, 0.05) is 6.04 Å². The Balaban J connectivity index is 2.09. The lowest BCUT2D eigenvalue weighted by atomic mass is 10.1. The molecule has 1 aliphatic carbocycles. The zero-order valence-electron chi connectivity index (χ0n) is 11.0. The minimum absolute atomic E-state index is 0.0102. The molecule has 2 atom stereocenters. The van der Waals surface area contributed by atoms with Crippen molar-refractivity contribution in [3.63, 3.8) is 0 Å². The van der Waals surface area contributed by atoms with Crippen LogP contribution in [-0.2, 0) is 16.0 Å². The highest BCUT2D eigenvalue weighted by molar-refractivity contribution is 5.66. The van der Waals surface area contributed by atoms with Crippen molar-refractivity contribution in [3.05, 3.63) is 29.3 Å². The standard InChI is InChI=1S/C14H19NO4/c1-2-18-10-4-3-9-7-12(15)14(11(9)8-10)19-6-5-13(16)17/h3-4,8,12,14H,2,5-7,15H2,1H3,(H,16,17). The highest BCUT2D eigenvalue weighted by Gasteiger charge is 2.31. The van der Waals surface area contributed by atoms with E-state index < -0.39 is 5.97 Å². The zero-order chi connectivity index (χ0) is 13.8. The van der Waals surface area contributed by atoms with Crippen LogP contribution in [0.4, 0.5) is 0 Å². The summed E-state index contributed by atoms with van der Waals surface area (Å²) in [5, 5.41) is 8.63. The number of ether oxygens (including phenoxy) is 2. The number of benzene rings is 1. The van der Waals surface area contributed by atoms with E-state index in [2.05, 4.69) is 0 Å². The second-order valence-corrected chi connectivity index (χ2v) is 4.60. The quantitative estimate of drug-likeness (QED) is 0.814. The first-order valence-electron chi connectivity index (χ1n) is 6.46. The average molecular weight is 265 g/mol. The van der Waals surface area contributed by atoms with E-state index in [9.17, 15) is 4.79 Å². The van der Waals surface area contributed by atoms with Crippen LogP contribution >= 0.6 is 0 Å². The van der Waals surface area contributed by atoms with E-state index in [4.69, 9.17) is 20.3 Å². The van der Waals surface area contributed by atoms with Gasteiger partial charge in [-0.2, -0.15) is 0 Å². The fraction of sp³-hybridized carbons (Fsp3) is 0.500. The van der Waals surface area contributed by atoms with Crippen LogP contribution in [0.25, 0.3) is 0 Å². The summed E-state index contributed by atoms with van der Waals surface area (Å²) in [5.74, 6) is -0.0722. The van der Waals surface area contributed by atoms with E-state index in [1.165, 1.54) is 0 Å². The van der Waals surface area contributed by atoms with Gasteiger partial charge in [0.05, 0.1) is 25.7 Å². The molecule has 2 rings (SSSR count). The molecule has 0 heterocycles. The first-order valence-corrected chi connectivity index (χ1v) is 6.46. The Morgan fingerprint density at radius 1 is 1.53 bits per heavy atom. The number of carbonyl (C=O) groups is 1. The van der Waals surface area contributed by atoms with Crippen LogP contribution in [0, 0.1) is 0 Å². The van der Waals surface area contributed by atoms with Gasteiger partial charge in [-0.1, -0.05) is 6.07 Å². The lowest BCUT2D eigenvalue weighted by Crippen LogP contribution is -2.27. The molecule has 0 fully saturated rings. The summed E-state index contributed by atoms with van der Waals surface area (Å²) in [6.07, 6.45) is 0.498. The smallest absolute Gasteiger partial charge is 0.305 e. The van der Waals surface area contributed by atoms with Crippen LogP contribution in [-0.4, -0.2) is 30.3 Å². The topological polar surface area (TPSA) is 81.8 Å². The van der Waals surface area contributed by atoms with E-state index >= 15 is 0 Å². The molecule has 5 heteroatoms. The maximum Gasteiger partial charge on any atom is 0.305 e. The van der Waals surface area contributed by atoms with Crippen molar-refractivity contribution in [3.8, 4) is 5.75 Å². The Morgan fingerprint density at radius 3 is 3.00 bits per heavy atom. The lowest BCUT2D eigenvalue weighted by molar-refractivity contribution is -0.138. The molecule has 3 N–H and O–H groups in total. The van der Waals surface area contributed by atoms with Crippen molar-refractivity contribution >= 4 is 5.97 Å². The number of carboxylic acids is 1. The molecule has 0 radical (unpaired) electrons. The molecule has 0 saturated heterocycles. The number of rotatable bonds is 6. The van der Waals surface area contributed by atoms with Gasteiger partial charge in [-0.15, -0.1) is 0 Å². The zero-order valence-corrected chi connectivity index (χ0v) is 11.0. The molecule has 1 aliphatic rings. The van der Waals surface area contributed by atoms with Crippen LogP contribution in [0.2, 0.25) is 0 Å². The van der Waals surface area contributed by atoms with Crippen molar-refractivity contribution in [2.24, 2.45) is 5.73 Å². The molecule has 5 nitrogen and oxygen atoms in total. The molecule has 19 heavy (non-hydrogen) atoms. The molecule has 1 aromatic rings. The van der Waals surface area contributed by atoms with Gasteiger partial charge in [0.2, 0.25) is 0 Å². The van der Waals surface area contributed by atoms with E-state index in [1.807, 2.05) is 25.1 Å². The molecule has 0 spiro atoms. The van der Waals surface area contributed by atoms with Crippen LogP contribution in [0.15, 0.2) is 18.2 Å². The summed E-state index contributed by atoms with van der Waals surface area (Å²) >= 11 is 0. The lowest BCUT2D eigenvalue weighted by Gasteiger charge is -2.17. The fourth-order valence-electron chi connectivity index (χ4n) is 2.36. The second kappa shape index (κ2) is 6.04. The Morgan fingerprint density at radius 2 is 2.32 bits per heavy atom. The highest BCUT2D eigenvalue weighted by Crippen LogP contribution is 2.35. The predicted octanol–water partition coefficient (Wildman–Crippen LogP) is 1.50. The van der Waals surface area contributed by atoms with Crippen LogP contribution in [0.3, 0.4) is 0 Å². The van der Waals surface area contributed by atoms with Crippen molar-refractivity contribution in [2.45, 2.75) is 31.9 Å². The summed E-state index contributed by atoms with van der Waals surface area (Å²) in [4.78, 5) is 10.5. The van der Waals surface area contributed by atoms with Crippen molar-refractivity contribution in [1.29, 1.82) is 0 Å². The number of aliphatic carboxylic acids is 1. The molecule has 1 aromatic carbocycles. The van der Waals surface area contributed by atoms with Gasteiger partial charge in [-0.05, 0) is 36.6 Å². The minimum atomic E-state index is -0.866. The Bertz CT molecular complexity index is 461. The monoisotopic (exact) mass is 265 g/mol. The minimum Gasteiger partial charge on any atom is -0.494 e. The van der Waals surface area contributed by atoms with Gasteiger partial charge in [-0.25, -0.2) is 0 Å². The van der Waals surface area contributed by atoms with Crippen molar-refractivity contribution in [2.75, 3.05) is 13.2 Å². The summed E-state index contributed by atoms with van der Waals surface area (Å²) in [6.45, 7) is 2.71. The summed E-state index contributed by atoms with van der Waals surface area (Å²) in [5.41, 5.74) is 8.22. The first kappa shape index (κ1) is 13.8. The van der Waals surface area contributed by atoms with Gasteiger partial charge in [-0.3, -0.25) is 4.79 Å². The number of nitrogens with two attached hydrogens (primary N) is 1. The number of fused-ring (bicyclic) bond motifs is 1. The van der Waals surface area contributed by atoms with Crippen LogP contribution in [0.5, 0.6) is 5.75 Å². The van der Waals surface area contributed by atoms with Crippen molar-refractivity contribution < 1.29 is 19.4 Å². The van der Waals surface area contributed by atoms with Gasteiger partial charge < -0.3 is 20.3 Å². The van der Waals surface area contributed by atoms with E-state index in [1.54, 1.807) is 0 Å². The molecule has 0 bridgehead atoms. The third-order valence-corrected chi connectivity index (χ3v) is 3.19. The van der Waals surface area contributed by atoms with Gasteiger partial charge >= 0.3 is 5.97 Å². The summed E-state index contributed by atoms with van der Waals surface area (Å²) in [7, 11) is 0. The summed E-state index contributed by atoms with van der Waals surface area (Å²) < 4.78 is 11.1. The summed E-state index contributed by atoms with van der Waals surface area (Å²) in [6, 6.07) is 5.74. The maximum atomic E-state index is 10.5. The molecule has 0 amide bonds. The largest absolute Gasteiger partial charge is 0.494 e. The number of carboxylic acid groups (broad SMARTS) is 1. The fourth-order valence-corrected chi connectivity index (χ4v) is 2.36. The van der Waals surface area contributed by atoms with Gasteiger partial charge in [0.1, 0.15) is 5.75 Å². The predicted molar refractivity (Wildman–Crippen MR) is 70.2 cm³/mol. The molecule has 104 valence electrons. The Labute approximate surface area is 112 Å². The van der Waals surface area contributed by atoms with E-state index in [0.29, 0.717) is 6.61 Å². The van der Waals surface area contributed by atoms with Gasteiger partial charge in [0.25, 0.3) is 0 Å². The Kier molecular flexibility index (Phi) is 4.39. The maximum absolute atomic E-state index is 10.5. The van der Waals surface area contributed by atoms with E-state index in [0.717, 1.165) is 23.3 Å². The van der Waals surface area contributed by atoms with Gasteiger partial charge in [0.15, 0.2) is 0 Å². The normalized spacial score (nSPS) is 21.2. The number of hydrogen-bond donors (Lipinski definition) is 2. The molecule has 0 saturated carbocycles. The SMILES string of the molecule is CCOc1ccc2c(c1)C(OCCC(=O)O)C(N)C2.